The molecule has 0 radical (unpaired) electrons. The van der Waals surface area contributed by atoms with Crippen molar-refractivity contribution in [3.05, 3.63) is 49.2 Å². The quantitative estimate of drug-likeness (QED) is 0.624. The van der Waals surface area contributed by atoms with Gasteiger partial charge in [0, 0.05) is 30.4 Å². The summed E-state index contributed by atoms with van der Waals surface area (Å²) < 4.78 is 12.3. The molecule has 0 bridgehead atoms. The van der Waals surface area contributed by atoms with Gasteiger partial charge in [-0.2, -0.15) is 0 Å². The van der Waals surface area contributed by atoms with Gasteiger partial charge in [-0.1, -0.05) is 24.8 Å². The molecule has 19 heavy (non-hydrogen) atoms. The molecule has 1 aromatic carbocycles. The van der Waals surface area contributed by atoms with Crippen LogP contribution in [0.3, 0.4) is 0 Å². The maximum atomic E-state index is 11.4. The standard InChI is InChI=1S/C15H15NO3/c1-4-14(17)19-15-12(9-10-16(15)2)11-7-5-6-8-13(11)18-3/h4-10H,1H2,2-3H3. The molecular formula is C15H15NO3. The summed E-state index contributed by atoms with van der Waals surface area (Å²) in [5.41, 5.74) is 1.67. The number of aryl methyl sites for hydroxylation is 1. The van der Waals surface area contributed by atoms with Crippen LogP contribution in [-0.4, -0.2) is 17.6 Å². The van der Waals surface area contributed by atoms with E-state index in [0.717, 1.165) is 23.0 Å². The Hall–Kier alpha value is -2.49. The fourth-order valence-corrected chi connectivity index (χ4v) is 1.85. The largest absolute Gasteiger partial charge is 0.496 e. The molecule has 4 nitrogen and oxygen atoms in total. The van der Waals surface area contributed by atoms with Crippen molar-refractivity contribution in [3.8, 4) is 22.8 Å². The van der Waals surface area contributed by atoms with Crippen LogP contribution in [0.25, 0.3) is 11.1 Å². The molecule has 0 unspecified atom stereocenters. The van der Waals surface area contributed by atoms with Gasteiger partial charge in [0.1, 0.15) is 5.75 Å². The molecule has 0 atom stereocenters. The van der Waals surface area contributed by atoms with Crippen LogP contribution in [0.2, 0.25) is 0 Å². The van der Waals surface area contributed by atoms with Crippen molar-refractivity contribution in [1.29, 1.82) is 0 Å². The number of ether oxygens (including phenoxy) is 2. The molecule has 0 N–H and O–H groups in total. The molecule has 0 aliphatic heterocycles. The van der Waals surface area contributed by atoms with Gasteiger partial charge in [-0.05, 0) is 12.1 Å². The van der Waals surface area contributed by atoms with Crippen LogP contribution in [0.4, 0.5) is 0 Å². The lowest BCUT2D eigenvalue weighted by molar-refractivity contribution is -0.129. The van der Waals surface area contributed by atoms with Gasteiger partial charge in [0.25, 0.3) is 0 Å². The highest BCUT2D eigenvalue weighted by atomic mass is 16.5. The average Bonchev–Trinajstić information content (AvgIpc) is 2.80. The molecule has 0 aliphatic rings. The zero-order chi connectivity index (χ0) is 13.8. The number of hydrogen-bond donors (Lipinski definition) is 0. The van der Waals surface area contributed by atoms with E-state index in [-0.39, 0.29) is 0 Å². The maximum Gasteiger partial charge on any atom is 0.336 e. The van der Waals surface area contributed by atoms with Crippen LogP contribution in [-0.2, 0) is 11.8 Å². The fraction of sp³-hybridized carbons (Fsp3) is 0.133. The molecule has 0 aliphatic carbocycles. The lowest BCUT2D eigenvalue weighted by Gasteiger charge is -2.10. The van der Waals surface area contributed by atoms with E-state index in [0.29, 0.717) is 5.88 Å². The number of carbonyl (C=O) groups is 1. The molecule has 0 amide bonds. The summed E-state index contributed by atoms with van der Waals surface area (Å²) in [6.45, 7) is 3.40. The van der Waals surface area contributed by atoms with Crippen LogP contribution in [0.1, 0.15) is 0 Å². The van der Waals surface area contributed by atoms with E-state index in [4.69, 9.17) is 9.47 Å². The summed E-state index contributed by atoms with van der Waals surface area (Å²) in [5.74, 6) is 0.706. The number of methoxy groups -OCH3 is 1. The Morgan fingerprint density at radius 1 is 1.26 bits per heavy atom. The second kappa shape index (κ2) is 5.44. The van der Waals surface area contributed by atoms with Gasteiger partial charge in [-0.15, -0.1) is 0 Å². The van der Waals surface area contributed by atoms with Crippen molar-refractivity contribution in [2.75, 3.05) is 7.11 Å². The molecule has 0 spiro atoms. The van der Waals surface area contributed by atoms with E-state index < -0.39 is 5.97 Å². The van der Waals surface area contributed by atoms with E-state index in [9.17, 15) is 4.79 Å². The predicted molar refractivity (Wildman–Crippen MR) is 73.2 cm³/mol. The molecular weight excluding hydrogens is 242 g/mol. The number of carbonyl (C=O) groups excluding carboxylic acids is 1. The SMILES string of the molecule is C=CC(=O)Oc1c(-c2ccccc2OC)ccn1C. The number of esters is 1. The number of benzene rings is 1. The van der Waals surface area contributed by atoms with E-state index in [2.05, 4.69) is 6.58 Å². The van der Waals surface area contributed by atoms with Crippen molar-refractivity contribution >= 4 is 5.97 Å². The Bertz CT molecular complexity index is 614. The highest BCUT2D eigenvalue weighted by Gasteiger charge is 2.16. The minimum atomic E-state index is -0.488. The summed E-state index contributed by atoms with van der Waals surface area (Å²) in [6, 6.07) is 9.45. The minimum absolute atomic E-state index is 0.467. The number of hydrogen-bond acceptors (Lipinski definition) is 3. The first-order valence-electron chi connectivity index (χ1n) is 5.80. The second-order valence-electron chi connectivity index (χ2n) is 3.97. The van der Waals surface area contributed by atoms with Crippen molar-refractivity contribution in [2.24, 2.45) is 7.05 Å². The zero-order valence-corrected chi connectivity index (χ0v) is 10.9. The van der Waals surface area contributed by atoms with Crippen LogP contribution < -0.4 is 9.47 Å². The van der Waals surface area contributed by atoms with Gasteiger partial charge >= 0.3 is 5.97 Å². The third-order valence-electron chi connectivity index (χ3n) is 2.78. The minimum Gasteiger partial charge on any atom is -0.496 e. The van der Waals surface area contributed by atoms with E-state index in [1.54, 1.807) is 11.7 Å². The Kier molecular flexibility index (Phi) is 3.71. The van der Waals surface area contributed by atoms with Crippen molar-refractivity contribution in [1.82, 2.24) is 4.57 Å². The van der Waals surface area contributed by atoms with Gasteiger partial charge in [0.2, 0.25) is 5.88 Å². The monoisotopic (exact) mass is 257 g/mol. The van der Waals surface area contributed by atoms with Gasteiger partial charge in [0.05, 0.1) is 7.11 Å². The number of para-hydroxylation sites is 1. The molecule has 1 aromatic heterocycles. The highest BCUT2D eigenvalue weighted by molar-refractivity contribution is 5.85. The number of aromatic nitrogens is 1. The van der Waals surface area contributed by atoms with E-state index >= 15 is 0 Å². The fourth-order valence-electron chi connectivity index (χ4n) is 1.85. The second-order valence-corrected chi connectivity index (χ2v) is 3.97. The lowest BCUT2D eigenvalue weighted by Crippen LogP contribution is -2.07. The predicted octanol–water partition coefficient (Wildman–Crippen LogP) is 2.79. The van der Waals surface area contributed by atoms with Crippen LogP contribution in [0, 0.1) is 0 Å². The lowest BCUT2D eigenvalue weighted by atomic mass is 10.1. The third kappa shape index (κ3) is 2.52. The Morgan fingerprint density at radius 2 is 2.00 bits per heavy atom. The van der Waals surface area contributed by atoms with Gasteiger partial charge in [-0.3, -0.25) is 0 Å². The molecule has 0 saturated carbocycles. The molecule has 1 heterocycles. The van der Waals surface area contributed by atoms with Gasteiger partial charge in [0.15, 0.2) is 0 Å². The molecule has 0 saturated heterocycles. The van der Waals surface area contributed by atoms with Crippen molar-refractivity contribution < 1.29 is 14.3 Å². The number of nitrogens with zero attached hydrogens (tertiary/aromatic N) is 1. The van der Waals surface area contributed by atoms with Crippen LogP contribution in [0.15, 0.2) is 49.2 Å². The Labute approximate surface area is 111 Å². The maximum absolute atomic E-state index is 11.4. The Morgan fingerprint density at radius 3 is 2.68 bits per heavy atom. The molecule has 2 rings (SSSR count). The van der Waals surface area contributed by atoms with Crippen LogP contribution in [0.5, 0.6) is 11.6 Å². The van der Waals surface area contributed by atoms with Gasteiger partial charge < -0.3 is 14.0 Å². The third-order valence-corrected chi connectivity index (χ3v) is 2.78. The smallest absolute Gasteiger partial charge is 0.336 e. The highest BCUT2D eigenvalue weighted by Crippen LogP contribution is 2.36. The summed E-state index contributed by atoms with van der Waals surface area (Å²) in [6.07, 6.45) is 2.96. The topological polar surface area (TPSA) is 40.5 Å². The molecule has 0 fully saturated rings. The molecule has 4 heteroatoms. The van der Waals surface area contributed by atoms with Gasteiger partial charge in [-0.25, -0.2) is 4.79 Å². The summed E-state index contributed by atoms with van der Waals surface area (Å²) in [5, 5.41) is 0. The van der Waals surface area contributed by atoms with E-state index in [1.165, 1.54) is 0 Å². The van der Waals surface area contributed by atoms with Crippen molar-refractivity contribution in [3.63, 3.8) is 0 Å². The first-order chi connectivity index (χ1) is 9.17. The van der Waals surface area contributed by atoms with Crippen LogP contribution >= 0.6 is 0 Å². The van der Waals surface area contributed by atoms with E-state index in [1.807, 2.05) is 43.6 Å². The number of rotatable bonds is 4. The molecule has 98 valence electrons. The summed E-state index contributed by atoms with van der Waals surface area (Å²) in [7, 11) is 3.42. The van der Waals surface area contributed by atoms with Crippen molar-refractivity contribution in [2.45, 2.75) is 0 Å². The molecule has 2 aromatic rings. The first-order valence-corrected chi connectivity index (χ1v) is 5.80. The normalized spacial score (nSPS) is 10.0. The summed E-state index contributed by atoms with van der Waals surface area (Å²) >= 11 is 0. The summed E-state index contributed by atoms with van der Waals surface area (Å²) in [4.78, 5) is 11.4. The Balaban J connectivity index is 2.51. The zero-order valence-electron chi connectivity index (χ0n) is 10.9. The first kappa shape index (κ1) is 13.0. The average molecular weight is 257 g/mol.